The third-order valence-electron chi connectivity index (χ3n) is 5.05. The molecule has 1 aliphatic rings. The van der Waals surface area contributed by atoms with E-state index >= 15 is 0 Å². The first kappa shape index (κ1) is 17.2. The molecule has 0 fully saturated rings. The summed E-state index contributed by atoms with van der Waals surface area (Å²) in [5.41, 5.74) is 7.03. The van der Waals surface area contributed by atoms with Gasteiger partial charge in [0.15, 0.2) is 0 Å². The standard InChI is InChI=1S/C24H22O3/c1-26-20-8-10-22-17(14-20)6-7-18-15-21(27-2)9-11-23(18)24(22)13-16-4-3-5-19(25)12-16/h3-5,8-15,25H,6-7H2,1-2H3. The Balaban J connectivity index is 1.94. The van der Waals surface area contributed by atoms with Crippen LogP contribution in [-0.2, 0) is 12.8 Å². The first-order valence-corrected chi connectivity index (χ1v) is 9.03. The summed E-state index contributed by atoms with van der Waals surface area (Å²) in [6.07, 6.45) is 4.01. The number of benzene rings is 3. The van der Waals surface area contributed by atoms with Gasteiger partial charge < -0.3 is 14.6 Å². The zero-order valence-corrected chi connectivity index (χ0v) is 15.5. The van der Waals surface area contributed by atoms with E-state index in [9.17, 15) is 5.11 Å². The Hall–Kier alpha value is -3.20. The Morgan fingerprint density at radius 1 is 0.778 bits per heavy atom. The van der Waals surface area contributed by atoms with Gasteiger partial charge in [-0.05, 0) is 88.7 Å². The molecule has 3 nitrogen and oxygen atoms in total. The van der Waals surface area contributed by atoms with E-state index in [0.717, 1.165) is 35.5 Å². The minimum Gasteiger partial charge on any atom is -0.508 e. The quantitative estimate of drug-likeness (QED) is 0.708. The Labute approximate surface area is 159 Å². The van der Waals surface area contributed by atoms with Gasteiger partial charge in [0.05, 0.1) is 14.2 Å². The molecule has 3 aromatic carbocycles. The monoisotopic (exact) mass is 358 g/mol. The molecule has 0 bridgehead atoms. The van der Waals surface area contributed by atoms with Crippen LogP contribution in [0.1, 0.15) is 27.8 Å². The minimum absolute atomic E-state index is 0.267. The highest BCUT2D eigenvalue weighted by molar-refractivity contribution is 5.94. The molecule has 0 spiro atoms. The SMILES string of the molecule is COc1ccc2c(c1)CCc1cc(OC)ccc1C2=Cc1cccc(O)c1. The van der Waals surface area contributed by atoms with Crippen molar-refractivity contribution in [3.8, 4) is 17.2 Å². The summed E-state index contributed by atoms with van der Waals surface area (Å²) in [5.74, 6) is 2.01. The fourth-order valence-corrected chi connectivity index (χ4v) is 3.68. The Morgan fingerprint density at radius 2 is 1.37 bits per heavy atom. The van der Waals surface area contributed by atoms with Crippen LogP contribution in [0.25, 0.3) is 11.6 Å². The number of phenolic OH excluding ortho intramolecular Hbond substituents is 1. The minimum atomic E-state index is 0.267. The van der Waals surface area contributed by atoms with Gasteiger partial charge in [-0.2, -0.15) is 0 Å². The van der Waals surface area contributed by atoms with Gasteiger partial charge >= 0.3 is 0 Å². The third-order valence-corrected chi connectivity index (χ3v) is 5.05. The van der Waals surface area contributed by atoms with Crippen molar-refractivity contribution in [2.75, 3.05) is 14.2 Å². The molecule has 1 N–H and O–H groups in total. The molecule has 0 heterocycles. The van der Waals surface area contributed by atoms with Crippen LogP contribution in [0.15, 0.2) is 60.7 Å². The average molecular weight is 358 g/mol. The summed E-state index contributed by atoms with van der Waals surface area (Å²) in [4.78, 5) is 0. The number of hydrogen-bond acceptors (Lipinski definition) is 3. The lowest BCUT2D eigenvalue weighted by molar-refractivity contribution is 0.414. The van der Waals surface area contributed by atoms with Crippen molar-refractivity contribution >= 4 is 11.6 Å². The van der Waals surface area contributed by atoms with Crippen molar-refractivity contribution in [3.63, 3.8) is 0 Å². The lowest BCUT2D eigenvalue weighted by Gasteiger charge is -2.14. The van der Waals surface area contributed by atoms with Gasteiger partial charge in [-0.25, -0.2) is 0 Å². The summed E-state index contributed by atoms with van der Waals surface area (Å²) in [6, 6.07) is 19.8. The summed E-state index contributed by atoms with van der Waals surface area (Å²) >= 11 is 0. The number of aromatic hydroxyl groups is 1. The van der Waals surface area contributed by atoms with Crippen LogP contribution < -0.4 is 9.47 Å². The van der Waals surface area contributed by atoms with E-state index in [1.165, 1.54) is 22.3 Å². The van der Waals surface area contributed by atoms with Crippen LogP contribution in [0.5, 0.6) is 17.2 Å². The van der Waals surface area contributed by atoms with Crippen LogP contribution in [0.3, 0.4) is 0 Å². The largest absolute Gasteiger partial charge is 0.508 e. The number of ether oxygens (including phenoxy) is 2. The molecule has 0 amide bonds. The topological polar surface area (TPSA) is 38.7 Å². The molecule has 3 heteroatoms. The Bertz CT molecular complexity index is 960. The van der Waals surface area contributed by atoms with E-state index < -0.39 is 0 Å². The number of aryl methyl sites for hydroxylation is 2. The molecule has 0 aromatic heterocycles. The first-order valence-electron chi connectivity index (χ1n) is 9.03. The molecule has 0 unspecified atom stereocenters. The molecule has 27 heavy (non-hydrogen) atoms. The molecular formula is C24H22O3. The van der Waals surface area contributed by atoms with Crippen LogP contribution in [-0.4, -0.2) is 19.3 Å². The number of fused-ring (bicyclic) bond motifs is 2. The molecule has 0 aliphatic heterocycles. The second-order valence-electron chi connectivity index (χ2n) is 6.70. The summed E-state index contributed by atoms with van der Waals surface area (Å²) in [6.45, 7) is 0. The number of methoxy groups -OCH3 is 2. The molecular weight excluding hydrogens is 336 g/mol. The van der Waals surface area contributed by atoms with Crippen LogP contribution >= 0.6 is 0 Å². The molecule has 1 aliphatic carbocycles. The van der Waals surface area contributed by atoms with Crippen LogP contribution in [0, 0.1) is 0 Å². The van der Waals surface area contributed by atoms with Gasteiger partial charge in [-0.1, -0.05) is 24.3 Å². The van der Waals surface area contributed by atoms with Crippen molar-refractivity contribution < 1.29 is 14.6 Å². The molecule has 4 rings (SSSR count). The maximum atomic E-state index is 9.86. The molecule has 3 aromatic rings. The van der Waals surface area contributed by atoms with Crippen molar-refractivity contribution in [2.45, 2.75) is 12.8 Å². The van der Waals surface area contributed by atoms with Gasteiger partial charge in [-0.3, -0.25) is 0 Å². The predicted octanol–water partition coefficient (Wildman–Crippen LogP) is 5.10. The highest BCUT2D eigenvalue weighted by Gasteiger charge is 2.19. The number of hydrogen-bond donors (Lipinski definition) is 1. The number of phenols is 1. The van der Waals surface area contributed by atoms with E-state index in [2.05, 4.69) is 30.3 Å². The predicted molar refractivity (Wildman–Crippen MR) is 108 cm³/mol. The molecule has 0 radical (unpaired) electrons. The van der Waals surface area contributed by atoms with Gasteiger partial charge in [0, 0.05) is 0 Å². The fraction of sp³-hybridized carbons (Fsp3) is 0.167. The summed E-state index contributed by atoms with van der Waals surface area (Å²) in [7, 11) is 3.39. The smallest absolute Gasteiger partial charge is 0.119 e. The van der Waals surface area contributed by atoms with Gasteiger partial charge in [0.25, 0.3) is 0 Å². The molecule has 0 saturated heterocycles. The van der Waals surface area contributed by atoms with Gasteiger partial charge in [-0.15, -0.1) is 0 Å². The highest BCUT2D eigenvalue weighted by Crippen LogP contribution is 2.38. The normalized spacial score (nSPS) is 12.6. The molecule has 0 atom stereocenters. The maximum absolute atomic E-state index is 9.86. The summed E-state index contributed by atoms with van der Waals surface area (Å²) < 4.78 is 10.9. The van der Waals surface area contributed by atoms with E-state index in [1.807, 2.05) is 24.3 Å². The maximum Gasteiger partial charge on any atom is 0.119 e. The lowest BCUT2D eigenvalue weighted by atomic mass is 9.92. The first-order chi connectivity index (χ1) is 13.2. The van der Waals surface area contributed by atoms with E-state index in [-0.39, 0.29) is 5.75 Å². The zero-order chi connectivity index (χ0) is 18.8. The Morgan fingerprint density at radius 3 is 1.89 bits per heavy atom. The third kappa shape index (κ3) is 3.41. The second kappa shape index (κ2) is 7.20. The van der Waals surface area contributed by atoms with Crippen molar-refractivity contribution in [3.05, 3.63) is 88.5 Å². The lowest BCUT2D eigenvalue weighted by Crippen LogP contribution is -1.94. The average Bonchev–Trinajstić information content (AvgIpc) is 2.84. The fourth-order valence-electron chi connectivity index (χ4n) is 3.68. The van der Waals surface area contributed by atoms with Crippen molar-refractivity contribution in [1.82, 2.24) is 0 Å². The van der Waals surface area contributed by atoms with Gasteiger partial charge in [0.2, 0.25) is 0 Å². The van der Waals surface area contributed by atoms with E-state index in [4.69, 9.17) is 9.47 Å². The second-order valence-corrected chi connectivity index (χ2v) is 6.70. The van der Waals surface area contributed by atoms with Crippen molar-refractivity contribution in [2.24, 2.45) is 0 Å². The van der Waals surface area contributed by atoms with Crippen LogP contribution in [0.2, 0.25) is 0 Å². The highest BCUT2D eigenvalue weighted by atomic mass is 16.5. The van der Waals surface area contributed by atoms with Crippen LogP contribution in [0.4, 0.5) is 0 Å². The zero-order valence-electron chi connectivity index (χ0n) is 15.5. The van der Waals surface area contributed by atoms with Gasteiger partial charge in [0.1, 0.15) is 17.2 Å². The number of rotatable bonds is 3. The summed E-state index contributed by atoms with van der Waals surface area (Å²) in [5, 5.41) is 9.86. The molecule has 0 saturated carbocycles. The molecule has 136 valence electrons. The Kier molecular flexibility index (Phi) is 4.59. The van der Waals surface area contributed by atoms with E-state index in [0.29, 0.717) is 0 Å². The van der Waals surface area contributed by atoms with Crippen molar-refractivity contribution in [1.29, 1.82) is 0 Å². The van der Waals surface area contributed by atoms with E-state index in [1.54, 1.807) is 26.4 Å².